The van der Waals surface area contributed by atoms with Crippen LogP contribution in [0.2, 0.25) is 0 Å². The zero-order valence-corrected chi connectivity index (χ0v) is 18.2. The largest absolute Gasteiger partial charge is 0.416 e. The van der Waals surface area contributed by atoms with Crippen LogP contribution in [0, 0.1) is 0 Å². The molecule has 0 bridgehead atoms. The van der Waals surface area contributed by atoms with E-state index in [1.165, 1.54) is 15.3 Å². The number of piperidine rings is 1. The summed E-state index contributed by atoms with van der Waals surface area (Å²) in [7, 11) is -4.14. The molecule has 31 heavy (non-hydrogen) atoms. The molecule has 1 N–H and O–H groups in total. The van der Waals surface area contributed by atoms with Gasteiger partial charge >= 0.3 is 18.0 Å². The lowest BCUT2D eigenvalue weighted by atomic mass is 10.0. The Hall–Kier alpha value is -2.14. The van der Waals surface area contributed by atoms with E-state index in [4.69, 9.17) is 0 Å². The molecule has 0 unspecified atom stereocenters. The summed E-state index contributed by atoms with van der Waals surface area (Å²) < 4.78 is 67.0. The highest BCUT2D eigenvalue weighted by atomic mass is 32.2. The van der Waals surface area contributed by atoms with Crippen LogP contribution in [0.25, 0.3) is 0 Å². The van der Waals surface area contributed by atoms with Gasteiger partial charge in [0.1, 0.15) is 0 Å². The van der Waals surface area contributed by atoms with E-state index in [0.717, 1.165) is 12.1 Å². The summed E-state index contributed by atoms with van der Waals surface area (Å²) in [6.07, 6.45) is -2.72. The zero-order chi connectivity index (χ0) is 23.0. The van der Waals surface area contributed by atoms with Gasteiger partial charge in [0, 0.05) is 31.2 Å². The molecule has 172 valence electrons. The van der Waals surface area contributed by atoms with Gasteiger partial charge in [-0.05, 0) is 57.7 Å². The van der Waals surface area contributed by atoms with Gasteiger partial charge in [0.25, 0.3) is 0 Å². The predicted molar refractivity (Wildman–Crippen MR) is 106 cm³/mol. The molecule has 0 spiro atoms. The molecule has 1 aromatic rings. The first-order chi connectivity index (χ1) is 14.4. The smallest absolute Gasteiger partial charge is 0.346 e. The van der Waals surface area contributed by atoms with E-state index in [0.29, 0.717) is 31.7 Å². The number of carbonyl (C=O) groups is 2. The van der Waals surface area contributed by atoms with Crippen LogP contribution < -0.4 is 5.32 Å². The number of benzene rings is 1. The minimum absolute atomic E-state index is 0.183. The first-order valence-corrected chi connectivity index (χ1v) is 11.7. The van der Waals surface area contributed by atoms with Crippen LogP contribution >= 0.6 is 0 Å². The molecule has 2 fully saturated rings. The van der Waals surface area contributed by atoms with E-state index in [-0.39, 0.29) is 30.1 Å². The SMILES string of the molecule is CC(C)NC(=O)C(=O)N1CCC(N(C2CC2)S(=O)(=O)c2cccc(C(F)(F)F)c2)CC1. The van der Waals surface area contributed by atoms with Gasteiger partial charge < -0.3 is 10.2 Å². The molecule has 0 radical (unpaired) electrons. The quantitative estimate of drug-likeness (QED) is 0.683. The number of sulfonamides is 1. The normalized spacial score (nSPS) is 18.5. The van der Waals surface area contributed by atoms with E-state index in [2.05, 4.69) is 5.32 Å². The van der Waals surface area contributed by atoms with Crippen LogP contribution in [0.5, 0.6) is 0 Å². The van der Waals surface area contributed by atoms with E-state index < -0.39 is 39.6 Å². The first kappa shape index (κ1) is 23.5. The Morgan fingerprint density at radius 3 is 2.19 bits per heavy atom. The Bertz CT molecular complexity index is 937. The van der Waals surface area contributed by atoms with Gasteiger partial charge in [-0.3, -0.25) is 9.59 Å². The monoisotopic (exact) mass is 461 g/mol. The van der Waals surface area contributed by atoms with Crippen LogP contribution in [-0.4, -0.2) is 60.7 Å². The third-order valence-corrected chi connectivity index (χ3v) is 7.37. The Morgan fingerprint density at radius 2 is 1.68 bits per heavy atom. The molecule has 2 aliphatic rings. The topological polar surface area (TPSA) is 86.8 Å². The summed E-state index contributed by atoms with van der Waals surface area (Å²) >= 11 is 0. The summed E-state index contributed by atoms with van der Waals surface area (Å²) in [4.78, 5) is 25.2. The van der Waals surface area contributed by atoms with Gasteiger partial charge in [-0.1, -0.05) is 6.07 Å². The van der Waals surface area contributed by atoms with Crippen molar-refractivity contribution in [1.29, 1.82) is 0 Å². The number of carbonyl (C=O) groups excluding carboxylic acids is 2. The number of hydrogen-bond donors (Lipinski definition) is 1. The summed E-state index contributed by atoms with van der Waals surface area (Å²) in [6, 6.07) is 2.90. The van der Waals surface area contributed by atoms with Crippen molar-refractivity contribution in [2.45, 2.75) is 68.7 Å². The molecule has 1 aromatic carbocycles. The number of rotatable bonds is 5. The van der Waals surface area contributed by atoms with Crippen LogP contribution in [0.15, 0.2) is 29.2 Å². The molecule has 0 aromatic heterocycles. The van der Waals surface area contributed by atoms with Crippen molar-refractivity contribution in [3.63, 3.8) is 0 Å². The second-order valence-electron chi connectivity index (χ2n) is 8.24. The Kier molecular flexibility index (Phi) is 6.66. The van der Waals surface area contributed by atoms with Crippen molar-refractivity contribution in [2.24, 2.45) is 0 Å². The highest BCUT2D eigenvalue weighted by Crippen LogP contribution is 2.38. The summed E-state index contributed by atoms with van der Waals surface area (Å²) in [5.41, 5.74) is -1.01. The van der Waals surface area contributed by atoms with E-state index in [9.17, 15) is 31.2 Å². The number of hydrogen-bond acceptors (Lipinski definition) is 4. The lowest BCUT2D eigenvalue weighted by Crippen LogP contribution is -2.52. The van der Waals surface area contributed by atoms with Crippen molar-refractivity contribution >= 4 is 21.8 Å². The Morgan fingerprint density at radius 1 is 1.10 bits per heavy atom. The third kappa shape index (κ3) is 5.38. The maximum atomic E-state index is 13.3. The highest BCUT2D eigenvalue weighted by molar-refractivity contribution is 7.89. The summed E-state index contributed by atoms with van der Waals surface area (Å²) in [5, 5.41) is 2.54. The van der Waals surface area contributed by atoms with Crippen LogP contribution in [0.1, 0.15) is 45.1 Å². The van der Waals surface area contributed by atoms with Crippen LogP contribution in [0.3, 0.4) is 0 Å². The molecule has 1 aliphatic carbocycles. The molecule has 1 saturated heterocycles. The molecule has 1 aliphatic heterocycles. The fourth-order valence-corrected chi connectivity index (χ4v) is 5.74. The number of halogens is 3. The molecular weight excluding hydrogens is 435 g/mol. The second-order valence-corrected chi connectivity index (χ2v) is 10.1. The average molecular weight is 462 g/mol. The number of nitrogens with zero attached hydrogens (tertiary/aromatic N) is 2. The van der Waals surface area contributed by atoms with Crippen LogP contribution in [0.4, 0.5) is 13.2 Å². The molecule has 1 saturated carbocycles. The van der Waals surface area contributed by atoms with Gasteiger partial charge in [0.2, 0.25) is 10.0 Å². The van der Waals surface area contributed by atoms with Gasteiger partial charge in [0.15, 0.2) is 0 Å². The molecule has 11 heteroatoms. The van der Waals surface area contributed by atoms with E-state index in [1.807, 2.05) is 0 Å². The van der Waals surface area contributed by atoms with Crippen molar-refractivity contribution in [3.8, 4) is 0 Å². The lowest BCUT2D eigenvalue weighted by Gasteiger charge is -2.37. The molecule has 3 rings (SSSR count). The number of alkyl halides is 3. The number of likely N-dealkylation sites (tertiary alicyclic amines) is 1. The van der Waals surface area contributed by atoms with Crippen LogP contribution in [-0.2, 0) is 25.8 Å². The molecule has 2 amide bonds. The average Bonchev–Trinajstić information content (AvgIpc) is 3.51. The number of nitrogens with one attached hydrogen (secondary N) is 1. The fraction of sp³-hybridized carbons (Fsp3) is 0.600. The van der Waals surface area contributed by atoms with Gasteiger partial charge in [0.05, 0.1) is 10.5 Å². The predicted octanol–water partition coefficient (Wildman–Crippen LogP) is 2.37. The fourth-order valence-electron chi connectivity index (χ4n) is 3.77. The summed E-state index contributed by atoms with van der Waals surface area (Å²) in [5.74, 6) is -1.37. The second kappa shape index (κ2) is 8.78. The highest BCUT2D eigenvalue weighted by Gasteiger charge is 2.44. The molecular formula is C20H26F3N3O4S. The molecule has 7 nitrogen and oxygen atoms in total. The van der Waals surface area contributed by atoms with Crippen molar-refractivity contribution in [2.75, 3.05) is 13.1 Å². The Balaban J connectivity index is 1.75. The lowest BCUT2D eigenvalue weighted by molar-refractivity contribution is -0.147. The molecule has 0 atom stereocenters. The van der Waals surface area contributed by atoms with Crippen molar-refractivity contribution < 1.29 is 31.2 Å². The Labute approximate surface area is 179 Å². The minimum atomic E-state index is -4.64. The van der Waals surface area contributed by atoms with Gasteiger partial charge in [-0.2, -0.15) is 17.5 Å². The van der Waals surface area contributed by atoms with Crippen molar-refractivity contribution in [3.05, 3.63) is 29.8 Å². The van der Waals surface area contributed by atoms with Gasteiger partial charge in [-0.25, -0.2) is 8.42 Å². The maximum Gasteiger partial charge on any atom is 0.416 e. The molecule has 1 heterocycles. The van der Waals surface area contributed by atoms with Gasteiger partial charge in [-0.15, -0.1) is 0 Å². The van der Waals surface area contributed by atoms with E-state index >= 15 is 0 Å². The summed E-state index contributed by atoms with van der Waals surface area (Å²) in [6.45, 7) is 3.89. The number of amides is 2. The van der Waals surface area contributed by atoms with Crippen molar-refractivity contribution in [1.82, 2.24) is 14.5 Å². The third-order valence-electron chi connectivity index (χ3n) is 5.37. The zero-order valence-electron chi connectivity index (χ0n) is 17.4. The minimum Gasteiger partial charge on any atom is -0.346 e. The first-order valence-electron chi connectivity index (χ1n) is 10.2. The maximum absolute atomic E-state index is 13.3. The standard InChI is InChI=1S/C20H26F3N3O4S/c1-13(2)24-18(27)19(28)25-10-8-16(9-11-25)26(15-6-7-15)31(29,30)17-5-3-4-14(12-17)20(21,22)23/h3-5,12-13,15-16H,6-11H2,1-2H3,(H,24,27). The van der Waals surface area contributed by atoms with E-state index in [1.54, 1.807) is 13.8 Å².